The highest BCUT2D eigenvalue weighted by atomic mass is 16.5. The lowest BCUT2D eigenvalue weighted by Crippen LogP contribution is -2.38. The van der Waals surface area contributed by atoms with Gasteiger partial charge < -0.3 is 9.47 Å². The van der Waals surface area contributed by atoms with E-state index in [2.05, 4.69) is 4.90 Å². The molecule has 0 atom stereocenters. The predicted molar refractivity (Wildman–Crippen MR) is 68.6 cm³/mol. The summed E-state index contributed by atoms with van der Waals surface area (Å²) in [7, 11) is 0. The first-order valence-corrected chi connectivity index (χ1v) is 6.20. The molecule has 1 saturated heterocycles. The molecule has 0 aromatic heterocycles. The molecule has 1 heterocycles. The third-order valence-electron chi connectivity index (χ3n) is 3.01. The zero-order valence-electron chi connectivity index (χ0n) is 10.6. The van der Waals surface area contributed by atoms with Crippen molar-refractivity contribution in [1.29, 1.82) is 10.5 Å². The Kier molecular flexibility index (Phi) is 4.74. The Morgan fingerprint density at radius 1 is 1.16 bits per heavy atom. The standard InChI is InChI=1S/C14H15N3O2/c15-10-12-1-2-14(9-13(12)11-16)19-8-5-17-3-6-18-7-4-17/h1-2,9H,3-8H2. The van der Waals surface area contributed by atoms with Gasteiger partial charge >= 0.3 is 0 Å². The highest BCUT2D eigenvalue weighted by Crippen LogP contribution is 2.16. The van der Waals surface area contributed by atoms with E-state index in [0.29, 0.717) is 23.5 Å². The Morgan fingerprint density at radius 3 is 2.58 bits per heavy atom. The van der Waals surface area contributed by atoms with Crippen LogP contribution in [0, 0.1) is 22.7 Å². The smallest absolute Gasteiger partial charge is 0.120 e. The van der Waals surface area contributed by atoms with E-state index in [1.165, 1.54) is 0 Å². The van der Waals surface area contributed by atoms with Crippen LogP contribution in [0.2, 0.25) is 0 Å². The zero-order chi connectivity index (χ0) is 13.5. The molecular formula is C14H15N3O2. The Balaban J connectivity index is 1.86. The molecule has 5 heteroatoms. The van der Waals surface area contributed by atoms with Gasteiger partial charge in [0.1, 0.15) is 24.5 Å². The number of morpholine rings is 1. The van der Waals surface area contributed by atoms with Crippen LogP contribution in [0.4, 0.5) is 0 Å². The average molecular weight is 257 g/mol. The Labute approximate surface area is 112 Å². The van der Waals surface area contributed by atoms with E-state index in [9.17, 15) is 0 Å². The van der Waals surface area contributed by atoms with E-state index < -0.39 is 0 Å². The van der Waals surface area contributed by atoms with Gasteiger partial charge in [-0.2, -0.15) is 10.5 Å². The van der Waals surface area contributed by atoms with Crippen molar-refractivity contribution in [2.75, 3.05) is 39.5 Å². The van der Waals surface area contributed by atoms with Crippen LogP contribution in [0.1, 0.15) is 11.1 Å². The van der Waals surface area contributed by atoms with Gasteiger partial charge in [0, 0.05) is 19.6 Å². The maximum atomic E-state index is 8.92. The summed E-state index contributed by atoms with van der Waals surface area (Å²) in [6.45, 7) is 4.81. The Hall–Kier alpha value is -2.08. The molecule has 0 amide bonds. The summed E-state index contributed by atoms with van der Waals surface area (Å²) in [6, 6.07) is 8.92. The third-order valence-corrected chi connectivity index (χ3v) is 3.01. The van der Waals surface area contributed by atoms with Gasteiger partial charge in [0.2, 0.25) is 0 Å². The number of ether oxygens (including phenoxy) is 2. The summed E-state index contributed by atoms with van der Waals surface area (Å²) in [6.07, 6.45) is 0. The summed E-state index contributed by atoms with van der Waals surface area (Å²) in [5.74, 6) is 0.629. The summed E-state index contributed by atoms with van der Waals surface area (Å²) < 4.78 is 10.9. The van der Waals surface area contributed by atoms with Crippen molar-refractivity contribution in [3.8, 4) is 17.9 Å². The van der Waals surface area contributed by atoms with Gasteiger partial charge in [-0.15, -0.1) is 0 Å². The number of hydrogen-bond donors (Lipinski definition) is 0. The van der Waals surface area contributed by atoms with Crippen LogP contribution < -0.4 is 4.74 Å². The van der Waals surface area contributed by atoms with Gasteiger partial charge in [0.15, 0.2) is 0 Å². The van der Waals surface area contributed by atoms with Gasteiger partial charge in [0.05, 0.1) is 24.3 Å². The van der Waals surface area contributed by atoms with E-state index in [1.807, 2.05) is 12.1 Å². The number of benzene rings is 1. The minimum absolute atomic E-state index is 0.353. The van der Waals surface area contributed by atoms with Gasteiger partial charge in [-0.1, -0.05) is 0 Å². The van der Waals surface area contributed by atoms with Gasteiger partial charge in [0.25, 0.3) is 0 Å². The fraction of sp³-hybridized carbons (Fsp3) is 0.429. The maximum absolute atomic E-state index is 8.92. The molecule has 0 spiro atoms. The van der Waals surface area contributed by atoms with Gasteiger partial charge in [-0.05, 0) is 18.2 Å². The molecule has 0 radical (unpaired) electrons. The summed E-state index contributed by atoms with van der Waals surface area (Å²) in [4.78, 5) is 2.28. The van der Waals surface area contributed by atoms with Crippen LogP contribution >= 0.6 is 0 Å². The number of rotatable bonds is 4. The number of nitriles is 2. The normalized spacial score (nSPS) is 15.5. The SMILES string of the molecule is N#Cc1ccc(OCCN2CCOCC2)cc1C#N. The molecule has 1 aromatic rings. The third kappa shape index (κ3) is 3.69. The van der Waals surface area contributed by atoms with Gasteiger partial charge in [-0.3, -0.25) is 4.90 Å². The van der Waals surface area contributed by atoms with Gasteiger partial charge in [-0.25, -0.2) is 0 Å². The first-order chi connectivity index (χ1) is 9.33. The number of hydrogen-bond acceptors (Lipinski definition) is 5. The largest absolute Gasteiger partial charge is 0.492 e. The van der Waals surface area contributed by atoms with Crippen molar-refractivity contribution in [3.63, 3.8) is 0 Å². The molecule has 0 unspecified atom stereocenters. The lowest BCUT2D eigenvalue weighted by Gasteiger charge is -2.26. The summed E-state index contributed by atoms with van der Waals surface area (Å²) in [5.41, 5.74) is 0.731. The Bertz CT molecular complexity index is 510. The van der Waals surface area contributed by atoms with Crippen LogP contribution in [-0.4, -0.2) is 44.4 Å². The van der Waals surface area contributed by atoms with E-state index in [-0.39, 0.29) is 0 Å². The monoisotopic (exact) mass is 257 g/mol. The van der Waals surface area contributed by atoms with Crippen molar-refractivity contribution in [3.05, 3.63) is 29.3 Å². The molecule has 0 saturated carbocycles. The van der Waals surface area contributed by atoms with Crippen molar-refractivity contribution < 1.29 is 9.47 Å². The molecule has 2 rings (SSSR count). The first kappa shape index (κ1) is 13.4. The van der Waals surface area contributed by atoms with E-state index in [1.54, 1.807) is 18.2 Å². The fourth-order valence-electron chi connectivity index (χ4n) is 1.92. The van der Waals surface area contributed by atoms with Crippen LogP contribution in [-0.2, 0) is 4.74 Å². The second-order valence-corrected chi connectivity index (χ2v) is 4.23. The predicted octanol–water partition coefficient (Wildman–Crippen LogP) is 1.14. The highest BCUT2D eigenvalue weighted by Gasteiger charge is 2.10. The van der Waals surface area contributed by atoms with Crippen molar-refractivity contribution in [2.45, 2.75) is 0 Å². The second-order valence-electron chi connectivity index (χ2n) is 4.23. The van der Waals surface area contributed by atoms with Crippen molar-refractivity contribution >= 4 is 0 Å². The fourth-order valence-corrected chi connectivity index (χ4v) is 1.92. The molecule has 98 valence electrons. The quantitative estimate of drug-likeness (QED) is 0.809. The lowest BCUT2D eigenvalue weighted by molar-refractivity contribution is 0.0322. The van der Waals surface area contributed by atoms with Crippen LogP contribution in [0.5, 0.6) is 5.75 Å². The van der Waals surface area contributed by atoms with E-state index in [4.69, 9.17) is 20.0 Å². The number of nitrogens with zero attached hydrogens (tertiary/aromatic N) is 3. The zero-order valence-corrected chi connectivity index (χ0v) is 10.6. The molecule has 1 aliphatic rings. The van der Waals surface area contributed by atoms with Crippen LogP contribution in [0.3, 0.4) is 0 Å². The molecule has 1 aromatic carbocycles. The molecular weight excluding hydrogens is 242 g/mol. The average Bonchev–Trinajstić information content (AvgIpc) is 2.48. The molecule has 1 aliphatic heterocycles. The molecule has 19 heavy (non-hydrogen) atoms. The van der Waals surface area contributed by atoms with Crippen LogP contribution in [0.15, 0.2) is 18.2 Å². The molecule has 0 aliphatic carbocycles. The molecule has 1 fully saturated rings. The van der Waals surface area contributed by atoms with E-state index >= 15 is 0 Å². The minimum atomic E-state index is 0.353. The topological polar surface area (TPSA) is 69.3 Å². The first-order valence-electron chi connectivity index (χ1n) is 6.20. The maximum Gasteiger partial charge on any atom is 0.120 e. The van der Waals surface area contributed by atoms with Crippen molar-refractivity contribution in [2.24, 2.45) is 0 Å². The van der Waals surface area contributed by atoms with Crippen LogP contribution in [0.25, 0.3) is 0 Å². The highest BCUT2D eigenvalue weighted by molar-refractivity contribution is 5.49. The summed E-state index contributed by atoms with van der Waals surface area (Å²) in [5, 5.41) is 17.8. The lowest BCUT2D eigenvalue weighted by atomic mass is 10.1. The summed E-state index contributed by atoms with van der Waals surface area (Å²) >= 11 is 0. The van der Waals surface area contributed by atoms with Crippen molar-refractivity contribution in [1.82, 2.24) is 4.90 Å². The second kappa shape index (κ2) is 6.75. The molecule has 0 bridgehead atoms. The molecule has 0 N–H and O–H groups in total. The Morgan fingerprint density at radius 2 is 1.89 bits per heavy atom. The molecule has 5 nitrogen and oxygen atoms in total. The minimum Gasteiger partial charge on any atom is -0.492 e. The van der Waals surface area contributed by atoms with E-state index in [0.717, 1.165) is 32.8 Å².